The summed E-state index contributed by atoms with van der Waals surface area (Å²) < 4.78 is 0. The number of hydrogen-bond donors (Lipinski definition) is 5. The van der Waals surface area contributed by atoms with Gasteiger partial charge in [-0.1, -0.05) is 0 Å². The monoisotopic (exact) mass is 354 g/mol. The van der Waals surface area contributed by atoms with Crippen molar-refractivity contribution in [3.63, 3.8) is 0 Å². The van der Waals surface area contributed by atoms with Gasteiger partial charge in [-0.15, -0.1) is 0 Å². The molecule has 0 aliphatic heterocycles. The summed E-state index contributed by atoms with van der Waals surface area (Å²) in [5.41, 5.74) is 5.24. The van der Waals surface area contributed by atoms with E-state index in [0.29, 0.717) is 0 Å². The zero-order valence-corrected chi connectivity index (χ0v) is 12.2. The summed E-state index contributed by atoms with van der Waals surface area (Å²) in [6.45, 7) is -0.547. The fraction of sp³-hybridized carbons (Fsp3) is 0.600. The Bertz CT molecular complexity index is 389. The van der Waals surface area contributed by atoms with Crippen LogP contribution in [0.5, 0.6) is 0 Å². The summed E-state index contributed by atoms with van der Waals surface area (Å²) in [6.07, 6.45) is -0.200. The molecule has 0 bridgehead atoms. The van der Waals surface area contributed by atoms with Crippen LogP contribution in [0.3, 0.4) is 0 Å². The summed E-state index contributed by atoms with van der Waals surface area (Å²) in [6, 6.07) is -2.06. The van der Waals surface area contributed by atoms with E-state index in [0.717, 1.165) is 0 Å². The molecule has 10 heteroatoms. The number of carboxylic acid groups (broad SMARTS) is 2. The molecule has 0 saturated carbocycles. The molecular formula is C10H16N3O6Se. The number of carbonyl (C=O) groups is 4. The van der Waals surface area contributed by atoms with Crippen molar-refractivity contribution in [1.29, 1.82) is 0 Å². The van der Waals surface area contributed by atoms with Crippen LogP contribution >= 0.6 is 0 Å². The Balaban J connectivity index is 4.21. The van der Waals surface area contributed by atoms with Crippen LogP contribution in [0.25, 0.3) is 0 Å². The summed E-state index contributed by atoms with van der Waals surface area (Å²) in [5, 5.41) is 21.6. The third kappa shape index (κ3) is 7.72. The molecule has 20 heavy (non-hydrogen) atoms. The van der Waals surface area contributed by atoms with Gasteiger partial charge in [0.1, 0.15) is 0 Å². The SMILES string of the molecule is N[C@@H](CCC(=O)N[C@@H](C[Se])C(=O)NCC(=O)O)C(=O)O. The molecule has 0 rings (SSSR count). The summed E-state index contributed by atoms with van der Waals surface area (Å²) in [4.78, 5) is 43.8. The van der Waals surface area contributed by atoms with Crippen molar-refractivity contribution >= 4 is 39.8 Å². The summed E-state index contributed by atoms with van der Waals surface area (Å²) in [7, 11) is 0. The average Bonchev–Trinajstić information content (AvgIpc) is 2.38. The van der Waals surface area contributed by atoms with Gasteiger partial charge >= 0.3 is 122 Å². The van der Waals surface area contributed by atoms with E-state index in [1.807, 2.05) is 0 Å². The zero-order valence-electron chi connectivity index (χ0n) is 10.5. The van der Waals surface area contributed by atoms with Gasteiger partial charge in [0, 0.05) is 0 Å². The number of rotatable bonds is 9. The van der Waals surface area contributed by atoms with Crippen LogP contribution in [0.15, 0.2) is 0 Å². The molecule has 2 atom stereocenters. The Morgan fingerprint density at radius 3 is 2.25 bits per heavy atom. The van der Waals surface area contributed by atoms with Crippen molar-refractivity contribution in [1.82, 2.24) is 10.6 Å². The van der Waals surface area contributed by atoms with E-state index in [2.05, 4.69) is 26.6 Å². The van der Waals surface area contributed by atoms with E-state index >= 15 is 0 Å². The summed E-state index contributed by atoms with van der Waals surface area (Å²) >= 11 is 2.56. The first-order valence-corrected chi connectivity index (χ1v) is 6.84. The minimum atomic E-state index is -1.21. The molecule has 6 N–H and O–H groups in total. The Kier molecular flexibility index (Phi) is 8.53. The van der Waals surface area contributed by atoms with Gasteiger partial charge in [0.15, 0.2) is 0 Å². The number of aliphatic carboxylic acids is 2. The average molecular weight is 353 g/mol. The van der Waals surface area contributed by atoms with E-state index < -0.39 is 42.4 Å². The van der Waals surface area contributed by atoms with E-state index in [1.54, 1.807) is 0 Å². The Morgan fingerprint density at radius 2 is 1.80 bits per heavy atom. The number of nitrogens with one attached hydrogen (secondary N) is 2. The molecule has 0 spiro atoms. The van der Waals surface area contributed by atoms with E-state index in [9.17, 15) is 19.2 Å². The summed E-state index contributed by atoms with van der Waals surface area (Å²) in [5.74, 6) is -3.58. The third-order valence-electron chi connectivity index (χ3n) is 2.23. The van der Waals surface area contributed by atoms with E-state index in [-0.39, 0.29) is 18.2 Å². The molecule has 0 aromatic heterocycles. The van der Waals surface area contributed by atoms with Gasteiger partial charge in [-0.2, -0.15) is 0 Å². The standard InChI is InChI=1S/C10H16N3O6Se/c11-5(10(18)19)1-2-7(14)13-6(4-20)9(17)12-3-8(15)16/h5-6H,1-4,11H2,(H,12,17)(H,13,14)(H,15,16)(H,18,19)/t5-,6-/m0/s1. The van der Waals surface area contributed by atoms with E-state index in [4.69, 9.17) is 15.9 Å². The fourth-order valence-corrected chi connectivity index (χ4v) is 1.64. The molecule has 113 valence electrons. The molecule has 0 aromatic carbocycles. The van der Waals surface area contributed by atoms with Crippen LogP contribution < -0.4 is 16.4 Å². The molecular weight excluding hydrogens is 337 g/mol. The van der Waals surface area contributed by atoms with Crippen LogP contribution in [0.4, 0.5) is 0 Å². The third-order valence-corrected chi connectivity index (χ3v) is 2.93. The zero-order chi connectivity index (χ0) is 15.7. The molecule has 9 nitrogen and oxygen atoms in total. The number of nitrogens with two attached hydrogens (primary N) is 1. The Hall–Kier alpha value is -1.64. The number of amides is 2. The fourth-order valence-electron chi connectivity index (χ4n) is 1.15. The van der Waals surface area contributed by atoms with Crippen LogP contribution in [-0.4, -0.2) is 68.6 Å². The van der Waals surface area contributed by atoms with Crippen molar-refractivity contribution in [2.45, 2.75) is 30.2 Å². The van der Waals surface area contributed by atoms with Gasteiger partial charge in [-0.25, -0.2) is 0 Å². The van der Waals surface area contributed by atoms with Gasteiger partial charge in [0.2, 0.25) is 0 Å². The second-order valence-electron chi connectivity index (χ2n) is 3.88. The van der Waals surface area contributed by atoms with Crippen molar-refractivity contribution in [2.75, 3.05) is 6.54 Å². The van der Waals surface area contributed by atoms with Crippen LogP contribution in [0, 0.1) is 0 Å². The first-order chi connectivity index (χ1) is 9.27. The Labute approximate surface area is 123 Å². The molecule has 0 saturated heterocycles. The molecule has 0 unspecified atom stereocenters. The van der Waals surface area contributed by atoms with E-state index in [1.165, 1.54) is 0 Å². The quantitative estimate of drug-likeness (QED) is 0.285. The molecule has 0 aliphatic carbocycles. The maximum atomic E-state index is 11.5. The van der Waals surface area contributed by atoms with Crippen molar-refractivity contribution < 1.29 is 29.4 Å². The molecule has 2 amide bonds. The number of hydrogen-bond acceptors (Lipinski definition) is 5. The predicted octanol–water partition coefficient (Wildman–Crippen LogP) is -2.55. The van der Waals surface area contributed by atoms with Gasteiger partial charge in [-0.05, 0) is 0 Å². The molecule has 0 fully saturated rings. The normalized spacial score (nSPS) is 13.1. The molecule has 0 aliphatic rings. The first-order valence-electron chi connectivity index (χ1n) is 5.63. The van der Waals surface area contributed by atoms with Crippen LogP contribution in [-0.2, 0) is 19.2 Å². The predicted molar refractivity (Wildman–Crippen MR) is 68.0 cm³/mol. The first kappa shape index (κ1) is 18.4. The van der Waals surface area contributed by atoms with Gasteiger partial charge in [0.25, 0.3) is 0 Å². The second-order valence-corrected chi connectivity index (χ2v) is 4.58. The van der Waals surface area contributed by atoms with Gasteiger partial charge in [0.05, 0.1) is 0 Å². The van der Waals surface area contributed by atoms with Crippen LogP contribution in [0.2, 0.25) is 5.32 Å². The van der Waals surface area contributed by atoms with Gasteiger partial charge in [-0.3, -0.25) is 0 Å². The molecule has 1 radical (unpaired) electrons. The van der Waals surface area contributed by atoms with Crippen molar-refractivity contribution in [3.8, 4) is 0 Å². The maximum absolute atomic E-state index is 11.5. The van der Waals surface area contributed by atoms with Gasteiger partial charge < -0.3 is 0 Å². The minimum absolute atomic E-state index is 0.0575. The molecule has 0 aromatic rings. The second kappa shape index (κ2) is 9.29. The number of carboxylic acids is 2. The van der Waals surface area contributed by atoms with Crippen LogP contribution in [0.1, 0.15) is 12.8 Å². The van der Waals surface area contributed by atoms with Crippen molar-refractivity contribution in [3.05, 3.63) is 0 Å². The van der Waals surface area contributed by atoms with Crippen molar-refractivity contribution in [2.24, 2.45) is 5.73 Å². The Morgan fingerprint density at radius 1 is 1.20 bits per heavy atom. The topological polar surface area (TPSA) is 159 Å². The number of carbonyl (C=O) groups excluding carboxylic acids is 2. The molecule has 0 heterocycles.